The molecular weight excluding hydrogens is 396 g/mol. The van der Waals surface area contributed by atoms with E-state index in [1.807, 2.05) is 41.5 Å². The van der Waals surface area contributed by atoms with Crippen LogP contribution in [0.15, 0.2) is 6.33 Å². The number of ether oxygens (including phenoxy) is 3. The number of alkyl carbamates (subject to hydrolysis) is 1. The first-order valence-electron chi connectivity index (χ1n) is 9.68. The molecule has 1 amide bonds. The summed E-state index contributed by atoms with van der Waals surface area (Å²) < 4.78 is 16.1. The van der Waals surface area contributed by atoms with Crippen molar-refractivity contribution in [3.05, 3.63) is 17.0 Å². The summed E-state index contributed by atoms with van der Waals surface area (Å²) in [5.74, 6) is 6.29. The number of nitrogens with one attached hydrogen (secondary N) is 2. The number of hydrogen-bond acceptors (Lipinski definition) is 7. The second kappa shape index (κ2) is 12.5. The van der Waals surface area contributed by atoms with Crippen LogP contribution in [0, 0.1) is 11.8 Å². The van der Waals surface area contributed by atoms with Crippen molar-refractivity contribution in [3.63, 3.8) is 0 Å². The molecule has 0 aliphatic carbocycles. The van der Waals surface area contributed by atoms with Crippen LogP contribution in [0.4, 0.5) is 10.6 Å². The van der Waals surface area contributed by atoms with Crippen LogP contribution in [-0.2, 0) is 14.2 Å². The van der Waals surface area contributed by atoms with Gasteiger partial charge in [-0.2, -0.15) is 0 Å². The molecule has 1 heterocycles. The molecule has 1 rings (SSSR count). The maximum Gasteiger partial charge on any atom is 0.407 e. The molecule has 1 unspecified atom stereocenters. The summed E-state index contributed by atoms with van der Waals surface area (Å²) in [6, 6.07) is -0.168. The van der Waals surface area contributed by atoms with E-state index in [2.05, 4.69) is 32.4 Å². The zero-order chi connectivity index (χ0) is 21.9. The molecule has 1 aromatic heterocycles. The highest BCUT2D eigenvalue weighted by atomic mass is 35.5. The Morgan fingerprint density at radius 2 is 1.86 bits per heavy atom. The van der Waals surface area contributed by atoms with Crippen molar-refractivity contribution in [2.75, 3.05) is 25.1 Å². The van der Waals surface area contributed by atoms with Gasteiger partial charge in [0.25, 0.3) is 0 Å². The lowest BCUT2D eigenvalue weighted by Gasteiger charge is -2.23. The van der Waals surface area contributed by atoms with E-state index in [0.717, 1.165) is 0 Å². The molecule has 2 N–H and O–H groups in total. The summed E-state index contributed by atoms with van der Waals surface area (Å²) in [5, 5.41) is 6.22. The topological polar surface area (TPSA) is 94.6 Å². The minimum Gasteiger partial charge on any atom is -0.444 e. The van der Waals surface area contributed by atoms with Gasteiger partial charge in [-0.15, -0.1) is 0 Å². The number of nitrogens with zero attached hydrogens (tertiary/aromatic N) is 2. The summed E-state index contributed by atoms with van der Waals surface area (Å²) in [7, 11) is 0. The summed E-state index contributed by atoms with van der Waals surface area (Å²) in [4.78, 5) is 20.2. The number of aromatic nitrogens is 2. The molecule has 9 heteroatoms. The zero-order valence-corrected chi connectivity index (χ0v) is 18.7. The summed E-state index contributed by atoms with van der Waals surface area (Å²) in [6.45, 7) is 12.5. The third-order valence-corrected chi connectivity index (χ3v) is 3.77. The van der Waals surface area contributed by atoms with Crippen LogP contribution in [0.5, 0.6) is 0 Å². The molecule has 29 heavy (non-hydrogen) atoms. The molecule has 0 aliphatic heterocycles. The highest BCUT2D eigenvalue weighted by Crippen LogP contribution is 2.19. The van der Waals surface area contributed by atoms with Crippen molar-refractivity contribution in [3.8, 4) is 11.8 Å². The molecule has 0 saturated carbocycles. The standard InChI is InChI=1S/C20H31ClN4O4/c1-7-14(25-19(26)29-20(4,5)6)12-22-18-15(17(21)23-13-24-18)10-11-16(27-8-2)28-9-3/h13-14,16H,7-9,12H2,1-6H3,(H,25,26)(H,22,23,24). The Morgan fingerprint density at radius 1 is 1.21 bits per heavy atom. The Balaban J connectivity index is 2.86. The van der Waals surface area contributed by atoms with Crippen molar-refractivity contribution < 1.29 is 19.0 Å². The average molecular weight is 427 g/mol. The molecule has 0 bridgehead atoms. The zero-order valence-electron chi connectivity index (χ0n) is 18.0. The second-order valence-corrected chi connectivity index (χ2v) is 7.39. The van der Waals surface area contributed by atoms with Crippen molar-refractivity contribution in [2.24, 2.45) is 0 Å². The van der Waals surface area contributed by atoms with Crippen LogP contribution in [0.2, 0.25) is 5.15 Å². The first-order chi connectivity index (χ1) is 13.7. The van der Waals surface area contributed by atoms with E-state index in [1.165, 1.54) is 6.33 Å². The minimum absolute atomic E-state index is 0.168. The molecule has 0 aromatic carbocycles. The maximum atomic E-state index is 12.0. The highest BCUT2D eigenvalue weighted by molar-refractivity contribution is 6.30. The number of carbonyl (C=O) groups is 1. The van der Waals surface area contributed by atoms with Crippen LogP contribution in [0.25, 0.3) is 0 Å². The fourth-order valence-electron chi connectivity index (χ4n) is 2.17. The predicted molar refractivity (Wildman–Crippen MR) is 113 cm³/mol. The molecule has 0 fully saturated rings. The van der Waals surface area contributed by atoms with Crippen LogP contribution in [0.3, 0.4) is 0 Å². The van der Waals surface area contributed by atoms with Crippen molar-refractivity contribution in [1.82, 2.24) is 15.3 Å². The molecule has 0 radical (unpaired) electrons. The lowest BCUT2D eigenvalue weighted by Crippen LogP contribution is -2.42. The van der Waals surface area contributed by atoms with Crippen molar-refractivity contribution in [1.29, 1.82) is 0 Å². The van der Waals surface area contributed by atoms with Gasteiger partial charge in [0, 0.05) is 25.8 Å². The summed E-state index contributed by atoms with van der Waals surface area (Å²) in [5.41, 5.74) is -0.123. The normalized spacial score (nSPS) is 12.1. The Labute approximate surface area is 178 Å². The number of rotatable bonds is 9. The number of carbonyl (C=O) groups excluding carboxylic acids is 1. The Kier molecular flexibility index (Phi) is 10.7. The fraction of sp³-hybridized carbons (Fsp3) is 0.650. The second-order valence-electron chi connectivity index (χ2n) is 7.03. The van der Waals surface area contributed by atoms with Gasteiger partial charge in [0.15, 0.2) is 0 Å². The molecule has 8 nitrogen and oxygen atoms in total. The van der Waals surface area contributed by atoms with E-state index < -0.39 is 18.0 Å². The number of hydrogen-bond donors (Lipinski definition) is 2. The van der Waals surface area contributed by atoms with Gasteiger partial charge in [0.2, 0.25) is 6.29 Å². The van der Waals surface area contributed by atoms with Gasteiger partial charge in [-0.1, -0.05) is 24.4 Å². The van der Waals surface area contributed by atoms with E-state index in [0.29, 0.717) is 37.6 Å². The van der Waals surface area contributed by atoms with Gasteiger partial charge in [0.05, 0.1) is 0 Å². The van der Waals surface area contributed by atoms with Crippen molar-refractivity contribution in [2.45, 2.75) is 65.9 Å². The van der Waals surface area contributed by atoms with E-state index in [4.69, 9.17) is 25.8 Å². The van der Waals surface area contributed by atoms with Gasteiger partial charge >= 0.3 is 6.09 Å². The van der Waals surface area contributed by atoms with Gasteiger partial charge in [-0.3, -0.25) is 0 Å². The van der Waals surface area contributed by atoms with E-state index in [9.17, 15) is 4.79 Å². The molecule has 0 aliphatic rings. The minimum atomic E-state index is -0.661. The third-order valence-electron chi connectivity index (χ3n) is 3.48. The van der Waals surface area contributed by atoms with E-state index >= 15 is 0 Å². The molecule has 1 atom stereocenters. The number of amides is 1. The lowest BCUT2D eigenvalue weighted by atomic mass is 10.2. The van der Waals surface area contributed by atoms with Crippen molar-refractivity contribution >= 4 is 23.5 Å². The fourth-order valence-corrected chi connectivity index (χ4v) is 2.35. The Morgan fingerprint density at radius 3 is 2.41 bits per heavy atom. The number of halogens is 1. The van der Waals surface area contributed by atoms with Crippen LogP contribution in [-0.4, -0.2) is 53.8 Å². The highest BCUT2D eigenvalue weighted by Gasteiger charge is 2.19. The molecule has 0 saturated heterocycles. The monoisotopic (exact) mass is 426 g/mol. The van der Waals surface area contributed by atoms with Gasteiger partial charge in [-0.05, 0) is 47.0 Å². The number of anilines is 1. The Hall–Kier alpha value is -2.08. The van der Waals surface area contributed by atoms with Gasteiger partial charge in [0.1, 0.15) is 28.5 Å². The van der Waals surface area contributed by atoms with Crippen LogP contribution < -0.4 is 10.6 Å². The van der Waals surface area contributed by atoms with Gasteiger partial charge in [-0.25, -0.2) is 14.8 Å². The van der Waals surface area contributed by atoms with Crippen LogP contribution in [0.1, 0.15) is 53.5 Å². The predicted octanol–water partition coefficient (Wildman–Crippen LogP) is 3.60. The van der Waals surface area contributed by atoms with Gasteiger partial charge < -0.3 is 24.8 Å². The first kappa shape index (κ1) is 25.0. The molecule has 0 spiro atoms. The molecular formula is C20H31ClN4O4. The van der Waals surface area contributed by atoms with Crippen LogP contribution >= 0.6 is 11.6 Å². The smallest absolute Gasteiger partial charge is 0.407 e. The first-order valence-corrected chi connectivity index (χ1v) is 10.1. The summed E-state index contributed by atoms with van der Waals surface area (Å²) in [6.07, 6.45) is 0.915. The van der Waals surface area contributed by atoms with E-state index in [-0.39, 0.29) is 11.2 Å². The quantitative estimate of drug-likeness (QED) is 0.354. The Bertz CT molecular complexity index is 707. The third kappa shape index (κ3) is 9.79. The molecule has 162 valence electrons. The maximum absolute atomic E-state index is 12.0. The average Bonchev–Trinajstić information content (AvgIpc) is 2.63. The largest absolute Gasteiger partial charge is 0.444 e. The SMILES string of the molecule is CCOC(C#Cc1c(Cl)ncnc1NCC(CC)NC(=O)OC(C)(C)C)OCC. The molecule has 1 aromatic rings. The lowest BCUT2D eigenvalue weighted by molar-refractivity contribution is -0.0969. The summed E-state index contributed by atoms with van der Waals surface area (Å²) >= 11 is 6.21. The van der Waals surface area contributed by atoms with E-state index in [1.54, 1.807) is 0 Å².